The molecule has 0 bridgehead atoms. The zero-order valence-electron chi connectivity index (χ0n) is 20.1. The van der Waals surface area contributed by atoms with E-state index >= 15 is 0 Å². The van der Waals surface area contributed by atoms with Gasteiger partial charge in [0.1, 0.15) is 8.95 Å². The summed E-state index contributed by atoms with van der Waals surface area (Å²) in [6, 6.07) is 4.38. The van der Waals surface area contributed by atoms with Crippen LogP contribution in [0.25, 0.3) is 33.4 Å². The first kappa shape index (κ1) is 27.9. The highest BCUT2D eigenvalue weighted by Crippen LogP contribution is 2.50. The number of carbonyl (C=O) groups is 3. The second-order valence-electron chi connectivity index (χ2n) is 8.01. The van der Waals surface area contributed by atoms with Gasteiger partial charge in [0.2, 0.25) is 5.43 Å². The third-order valence-electron chi connectivity index (χ3n) is 5.76. The number of phenolic OH excluding ortho intramolecular Hbond substituents is 1. The predicted molar refractivity (Wildman–Crippen MR) is 145 cm³/mol. The fourth-order valence-electron chi connectivity index (χ4n) is 4.16. The molecule has 0 unspecified atom stereocenters. The Morgan fingerprint density at radius 1 is 0.795 bits per heavy atom. The second-order valence-corrected chi connectivity index (χ2v) is 9.60. The summed E-state index contributed by atoms with van der Waals surface area (Å²) in [4.78, 5) is 49.1. The van der Waals surface area contributed by atoms with Crippen molar-refractivity contribution < 1.29 is 48.7 Å². The molecule has 0 fully saturated rings. The van der Waals surface area contributed by atoms with Gasteiger partial charge in [-0.15, -0.1) is 0 Å². The minimum absolute atomic E-state index is 0.00490. The van der Waals surface area contributed by atoms with Crippen molar-refractivity contribution in [3.63, 3.8) is 0 Å². The van der Waals surface area contributed by atoms with Crippen LogP contribution in [-0.4, -0.2) is 51.5 Å². The molecule has 0 atom stereocenters. The first-order chi connectivity index (χ1) is 18.4. The van der Waals surface area contributed by atoms with Gasteiger partial charge in [0.15, 0.2) is 28.6 Å². The topological polar surface area (TPSA) is 181 Å². The Morgan fingerprint density at radius 2 is 1.36 bits per heavy atom. The van der Waals surface area contributed by atoms with Crippen molar-refractivity contribution in [1.29, 1.82) is 0 Å². The number of carboxylic acids is 3. The Hall–Kier alpha value is -4.10. The van der Waals surface area contributed by atoms with Gasteiger partial charge in [-0.3, -0.25) is 4.79 Å². The quantitative estimate of drug-likeness (QED) is 0.170. The van der Waals surface area contributed by atoms with Crippen molar-refractivity contribution in [3.05, 3.63) is 60.1 Å². The highest BCUT2D eigenvalue weighted by molar-refractivity contribution is 9.11. The van der Waals surface area contributed by atoms with Crippen molar-refractivity contribution >= 4 is 60.7 Å². The summed E-state index contributed by atoms with van der Waals surface area (Å²) >= 11 is 6.48. The maximum Gasteiger partial charge on any atom is 0.336 e. The monoisotopic (exact) mass is 664 g/mol. The van der Waals surface area contributed by atoms with Crippen LogP contribution >= 0.6 is 31.9 Å². The number of ether oxygens (including phenoxy) is 2. The van der Waals surface area contributed by atoms with Gasteiger partial charge < -0.3 is 34.3 Å². The number of hydrogen-bond donors (Lipinski definition) is 4. The van der Waals surface area contributed by atoms with Crippen LogP contribution in [-0.2, 0) is 0 Å². The summed E-state index contributed by atoms with van der Waals surface area (Å²) in [7, 11) is 0. The number of halogens is 2. The molecule has 1 aliphatic carbocycles. The average molecular weight is 666 g/mol. The summed E-state index contributed by atoms with van der Waals surface area (Å²) in [5, 5.41) is 40.3. The van der Waals surface area contributed by atoms with Crippen molar-refractivity contribution in [2.75, 3.05) is 13.2 Å². The lowest BCUT2D eigenvalue weighted by Gasteiger charge is -2.21. The van der Waals surface area contributed by atoms with Gasteiger partial charge in [0, 0.05) is 16.5 Å². The van der Waals surface area contributed by atoms with E-state index in [0.717, 1.165) is 12.1 Å². The lowest BCUT2D eigenvalue weighted by Crippen LogP contribution is -2.13. The molecule has 1 heterocycles. The van der Waals surface area contributed by atoms with Crippen LogP contribution in [0.4, 0.5) is 0 Å². The van der Waals surface area contributed by atoms with E-state index in [1.165, 1.54) is 12.1 Å². The third-order valence-corrected chi connectivity index (χ3v) is 7.22. The van der Waals surface area contributed by atoms with Gasteiger partial charge >= 0.3 is 17.9 Å². The molecule has 0 saturated heterocycles. The van der Waals surface area contributed by atoms with Gasteiger partial charge in [0.25, 0.3) is 0 Å². The number of aromatic carboxylic acids is 3. The fraction of sp³-hybridized carbons (Fsp3) is 0.154. The Kier molecular flexibility index (Phi) is 7.57. The second kappa shape index (κ2) is 10.6. The van der Waals surface area contributed by atoms with E-state index in [4.69, 9.17) is 13.9 Å². The highest BCUT2D eigenvalue weighted by atomic mass is 79.9. The fourth-order valence-corrected chi connectivity index (χ4v) is 5.14. The van der Waals surface area contributed by atoms with Crippen LogP contribution in [0.3, 0.4) is 0 Å². The highest BCUT2D eigenvalue weighted by Gasteiger charge is 2.31. The first-order valence-electron chi connectivity index (χ1n) is 11.2. The van der Waals surface area contributed by atoms with E-state index in [-0.39, 0.29) is 72.8 Å². The average Bonchev–Trinajstić information content (AvgIpc) is 2.88. The van der Waals surface area contributed by atoms with E-state index in [1.807, 2.05) is 0 Å². The third kappa shape index (κ3) is 4.68. The van der Waals surface area contributed by atoms with E-state index in [0.29, 0.717) is 0 Å². The maximum atomic E-state index is 12.9. The van der Waals surface area contributed by atoms with E-state index < -0.39 is 40.0 Å². The van der Waals surface area contributed by atoms with Gasteiger partial charge in [0.05, 0.1) is 29.9 Å². The number of phenols is 1. The minimum Gasteiger partial charge on any atom is -0.503 e. The first-order valence-corrected chi connectivity index (χ1v) is 12.8. The molecule has 202 valence electrons. The Bertz CT molecular complexity index is 1720. The minimum atomic E-state index is -1.64. The maximum absolute atomic E-state index is 12.9. The molecule has 2 aliphatic rings. The molecule has 0 aromatic heterocycles. The van der Waals surface area contributed by atoms with Crippen LogP contribution < -0.4 is 14.9 Å². The standard InChI is InChI=1S/C26H18Br2O11/c1-3-37-15-7-13-17(9-5-11(25(33)34)12(26(35)36)6-10(9)24(31)32)14-8-16(38-4-2)21(30)19(28)23(14)39-22(13)18(27)20(15)29/h5-8,29H,3-4H2,1-2H3,(H,31,32)(H,33,34)(H,35,36). The lowest BCUT2D eigenvalue weighted by molar-refractivity contribution is 0.0649. The zero-order chi connectivity index (χ0) is 28.8. The van der Waals surface area contributed by atoms with Crippen LogP contribution in [0, 0.1) is 0 Å². The predicted octanol–water partition coefficient (Wildman–Crippen LogP) is 5.69. The largest absolute Gasteiger partial charge is 0.503 e. The Morgan fingerprint density at radius 3 is 1.92 bits per heavy atom. The van der Waals surface area contributed by atoms with Crippen LogP contribution in [0.1, 0.15) is 44.9 Å². The molecule has 0 amide bonds. The summed E-state index contributed by atoms with van der Waals surface area (Å²) in [5.41, 5.74) is -2.53. The zero-order valence-corrected chi connectivity index (χ0v) is 23.3. The molecule has 4 rings (SSSR count). The van der Waals surface area contributed by atoms with E-state index in [2.05, 4.69) is 31.9 Å². The van der Waals surface area contributed by atoms with E-state index in [9.17, 15) is 39.6 Å². The van der Waals surface area contributed by atoms with Gasteiger partial charge in [-0.1, -0.05) is 0 Å². The van der Waals surface area contributed by atoms with Gasteiger partial charge in [-0.2, -0.15) is 0 Å². The lowest BCUT2D eigenvalue weighted by atomic mass is 9.87. The summed E-state index contributed by atoms with van der Waals surface area (Å²) < 4.78 is 17.0. The van der Waals surface area contributed by atoms with Crippen LogP contribution in [0.5, 0.6) is 17.2 Å². The van der Waals surface area contributed by atoms with Crippen molar-refractivity contribution in [2.45, 2.75) is 13.8 Å². The molecule has 2 aromatic carbocycles. The molecule has 39 heavy (non-hydrogen) atoms. The molecule has 13 heteroatoms. The SMILES string of the molecule is CCOc1cc2c(-c3cc(C(=O)O)c(C(=O)O)cc3C(=O)O)c3cc(OCC)c(=O)c(Br)c-3oc2c(Br)c1O. The number of hydrogen-bond acceptors (Lipinski definition) is 8. The molecular formula is C26H18Br2O11. The van der Waals surface area contributed by atoms with Crippen molar-refractivity contribution in [3.8, 4) is 39.7 Å². The molecule has 4 N–H and O–H groups in total. The molecule has 1 aliphatic heterocycles. The Balaban J connectivity index is 2.35. The normalized spacial score (nSPS) is 11.1. The van der Waals surface area contributed by atoms with Gasteiger partial charge in [-0.05, 0) is 75.5 Å². The molecule has 11 nitrogen and oxygen atoms in total. The number of fused-ring (bicyclic) bond motifs is 2. The molecule has 0 spiro atoms. The number of aromatic hydroxyl groups is 1. The summed E-state index contributed by atoms with van der Waals surface area (Å²) in [6.07, 6.45) is 0. The molecular weight excluding hydrogens is 648 g/mol. The van der Waals surface area contributed by atoms with Gasteiger partial charge in [-0.25, -0.2) is 14.4 Å². The van der Waals surface area contributed by atoms with Crippen LogP contribution in [0.15, 0.2) is 42.4 Å². The molecule has 0 saturated carbocycles. The summed E-state index contributed by atoms with van der Waals surface area (Å²) in [6.45, 7) is 3.61. The smallest absolute Gasteiger partial charge is 0.336 e. The molecule has 2 aromatic rings. The molecule has 0 radical (unpaired) electrons. The number of benzene rings is 3. The number of carboxylic acid groups (broad SMARTS) is 3. The summed E-state index contributed by atoms with van der Waals surface area (Å²) in [5.74, 6) is -5.30. The van der Waals surface area contributed by atoms with Crippen molar-refractivity contribution in [1.82, 2.24) is 0 Å². The number of rotatable bonds is 8. The van der Waals surface area contributed by atoms with E-state index in [1.54, 1.807) is 13.8 Å². The van der Waals surface area contributed by atoms with Crippen molar-refractivity contribution in [2.24, 2.45) is 0 Å². The Labute approximate surface area is 235 Å². The van der Waals surface area contributed by atoms with Crippen LogP contribution in [0.2, 0.25) is 0 Å².